The van der Waals surface area contributed by atoms with Gasteiger partial charge in [-0.2, -0.15) is 5.10 Å². The first kappa shape index (κ1) is 16.1. The standard InChI is InChI=1S/C19H18BrN3O2/c20-15-5-1-4-14(12-15)19(8-2-9-19)22-18(24)17-7-6-16(25-17)13-23-11-3-10-21-23/h1,3-7,10-12H,2,8-9,13H2,(H,22,24). The average molecular weight is 400 g/mol. The summed E-state index contributed by atoms with van der Waals surface area (Å²) in [6, 6.07) is 13.5. The van der Waals surface area contributed by atoms with Crippen LogP contribution in [0.2, 0.25) is 0 Å². The molecule has 0 bridgehead atoms. The largest absolute Gasteiger partial charge is 0.454 e. The highest BCUT2D eigenvalue weighted by Crippen LogP contribution is 2.42. The molecule has 1 aliphatic rings. The van der Waals surface area contributed by atoms with Crippen LogP contribution in [0.4, 0.5) is 0 Å². The number of rotatable bonds is 5. The molecule has 4 rings (SSSR count). The minimum Gasteiger partial charge on any atom is -0.454 e. The molecule has 0 saturated heterocycles. The van der Waals surface area contributed by atoms with Crippen molar-refractivity contribution in [2.45, 2.75) is 31.3 Å². The third-order valence-electron chi connectivity index (χ3n) is 4.70. The summed E-state index contributed by atoms with van der Waals surface area (Å²) in [5, 5.41) is 7.33. The van der Waals surface area contributed by atoms with Crippen LogP contribution in [0.3, 0.4) is 0 Å². The van der Waals surface area contributed by atoms with E-state index in [4.69, 9.17) is 4.42 Å². The molecule has 1 aromatic carbocycles. The van der Waals surface area contributed by atoms with Crippen molar-refractivity contribution in [2.24, 2.45) is 0 Å². The molecule has 1 fully saturated rings. The van der Waals surface area contributed by atoms with E-state index in [1.165, 1.54) is 0 Å². The maximum atomic E-state index is 12.7. The van der Waals surface area contributed by atoms with Gasteiger partial charge in [0, 0.05) is 16.9 Å². The number of halogens is 1. The third kappa shape index (κ3) is 3.26. The zero-order valence-electron chi connectivity index (χ0n) is 13.6. The van der Waals surface area contributed by atoms with E-state index in [0.717, 1.165) is 29.3 Å². The highest BCUT2D eigenvalue weighted by molar-refractivity contribution is 9.10. The van der Waals surface area contributed by atoms with Crippen molar-refractivity contribution in [3.05, 3.63) is 76.4 Å². The van der Waals surface area contributed by atoms with Gasteiger partial charge in [-0.3, -0.25) is 9.48 Å². The van der Waals surface area contributed by atoms with Crippen molar-refractivity contribution < 1.29 is 9.21 Å². The topological polar surface area (TPSA) is 60.1 Å². The Hall–Kier alpha value is -2.34. The summed E-state index contributed by atoms with van der Waals surface area (Å²) in [6.07, 6.45) is 6.56. The lowest BCUT2D eigenvalue weighted by Gasteiger charge is -2.43. The quantitative estimate of drug-likeness (QED) is 0.702. The fraction of sp³-hybridized carbons (Fsp3) is 0.263. The van der Waals surface area contributed by atoms with Crippen LogP contribution >= 0.6 is 15.9 Å². The number of nitrogens with zero attached hydrogens (tertiary/aromatic N) is 2. The van der Waals surface area contributed by atoms with E-state index in [1.54, 1.807) is 16.9 Å². The van der Waals surface area contributed by atoms with E-state index in [-0.39, 0.29) is 11.4 Å². The summed E-state index contributed by atoms with van der Waals surface area (Å²) < 4.78 is 8.49. The maximum absolute atomic E-state index is 12.7. The number of aromatic nitrogens is 2. The number of carbonyl (C=O) groups excluding carboxylic acids is 1. The Morgan fingerprint density at radius 3 is 2.84 bits per heavy atom. The van der Waals surface area contributed by atoms with Crippen LogP contribution in [0.1, 0.15) is 41.1 Å². The first-order valence-electron chi connectivity index (χ1n) is 8.29. The van der Waals surface area contributed by atoms with Crippen molar-refractivity contribution in [3.8, 4) is 0 Å². The Labute approximate surface area is 154 Å². The molecule has 0 spiro atoms. The van der Waals surface area contributed by atoms with Gasteiger partial charge in [0.2, 0.25) is 0 Å². The summed E-state index contributed by atoms with van der Waals surface area (Å²) >= 11 is 3.51. The molecule has 1 aliphatic carbocycles. The SMILES string of the molecule is O=C(NC1(c2cccc(Br)c2)CCC1)c1ccc(Cn2cccn2)o1. The van der Waals surface area contributed by atoms with Crippen LogP contribution in [0.15, 0.2) is 63.7 Å². The molecule has 1 saturated carbocycles. The zero-order valence-corrected chi connectivity index (χ0v) is 15.2. The summed E-state index contributed by atoms with van der Waals surface area (Å²) in [7, 11) is 0. The number of amides is 1. The Bertz CT molecular complexity index is 882. The smallest absolute Gasteiger partial charge is 0.287 e. The first-order chi connectivity index (χ1) is 12.1. The van der Waals surface area contributed by atoms with Gasteiger partial charge in [-0.05, 0) is 55.2 Å². The van der Waals surface area contributed by atoms with Gasteiger partial charge in [-0.1, -0.05) is 28.1 Å². The molecule has 128 valence electrons. The van der Waals surface area contributed by atoms with E-state index in [2.05, 4.69) is 38.5 Å². The van der Waals surface area contributed by atoms with Gasteiger partial charge in [0.1, 0.15) is 5.76 Å². The Morgan fingerprint density at radius 1 is 1.28 bits per heavy atom. The van der Waals surface area contributed by atoms with Gasteiger partial charge < -0.3 is 9.73 Å². The highest BCUT2D eigenvalue weighted by atomic mass is 79.9. The lowest BCUT2D eigenvalue weighted by atomic mass is 9.71. The van der Waals surface area contributed by atoms with Gasteiger partial charge in [0.25, 0.3) is 5.91 Å². The Balaban J connectivity index is 1.50. The molecule has 1 amide bonds. The number of hydrogen-bond donors (Lipinski definition) is 1. The zero-order chi connectivity index (χ0) is 17.3. The van der Waals surface area contributed by atoms with Crippen LogP contribution < -0.4 is 5.32 Å². The second kappa shape index (κ2) is 6.52. The van der Waals surface area contributed by atoms with Crippen LogP contribution in [0, 0.1) is 0 Å². The fourth-order valence-corrected chi connectivity index (χ4v) is 3.62. The molecular formula is C19H18BrN3O2. The monoisotopic (exact) mass is 399 g/mol. The average Bonchev–Trinajstić information content (AvgIpc) is 3.23. The lowest BCUT2D eigenvalue weighted by molar-refractivity contribution is 0.0792. The molecule has 1 N–H and O–H groups in total. The van der Waals surface area contributed by atoms with Crippen LogP contribution in [0.25, 0.3) is 0 Å². The van der Waals surface area contributed by atoms with Crippen LogP contribution in [0.5, 0.6) is 0 Å². The molecule has 25 heavy (non-hydrogen) atoms. The minimum atomic E-state index is -0.296. The Morgan fingerprint density at radius 2 is 2.16 bits per heavy atom. The number of nitrogens with one attached hydrogen (secondary N) is 1. The predicted octanol–water partition coefficient (Wildman–Crippen LogP) is 4.10. The maximum Gasteiger partial charge on any atom is 0.287 e. The van der Waals surface area contributed by atoms with E-state index in [0.29, 0.717) is 18.1 Å². The van der Waals surface area contributed by atoms with E-state index < -0.39 is 0 Å². The third-order valence-corrected chi connectivity index (χ3v) is 5.19. The van der Waals surface area contributed by atoms with Gasteiger partial charge in [-0.15, -0.1) is 0 Å². The molecule has 6 heteroatoms. The Kier molecular flexibility index (Phi) is 4.21. The lowest BCUT2D eigenvalue weighted by Crippen LogP contribution is -2.50. The summed E-state index contributed by atoms with van der Waals surface area (Å²) in [5.41, 5.74) is 0.834. The first-order valence-corrected chi connectivity index (χ1v) is 9.09. The highest BCUT2D eigenvalue weighted by Gasteiger charge is 2.40. The van der Waals surface area contributed by atoms with Gasteiger partial charge in [0.05, 0.1) is 12.1 Å². The minimum absolute atomic E-state index is 0.175. The van der Waals surface area contributed by atoms with Crippen molar-refractivity contribution >= 4 is 21.8 Å². The molecule has 5 nitrogen and oxygen atoms in total. The van der Waals surface area contributed by atoms with Gasteiger partial charge >= 0.3 is 0 Å². The summed E-state index contributed by atoms with van der Waals surface area (Å²) in [6.45, 7) is 0.511. The van der Waals surface area contributed by atoms with Crippen molar-refractivity contribution in [2.75, 3.05) is 0 Å². The second-order valence-electron chi connectivity index (χ2n) is 6.37. The molecule has 0 atom stereocenters. The second-order valence-corrected chi connectivity index (χ2v) is 7.29. The van der Waals surface area contributed by atoms with Crippen LogP contribution in [-0.2, 0) is 12.1 Å². The molecular weight excluding hydrogens is 382 g/mol. The number of benzene rings is 1. The normalized spacial score (nSPS) is 15.6. The number of carbonyl (C=O) groups is 1. The molecule has 2 aromatic heterocycles. The van der Waals surface area contributed by atoms with E-state index >= 15 is 0 Å². The van der Waals surface area contributed by atoms with Gasteiger partial charge in [0.15, 0.2) is 5.76 Å². The molecule has 3 aromatic rings. The van der Waals surface area contributed by atoms with Crippen molar-refractivity contribution in [1.82, 2.24) is 15.1 Å². The number of furan rings is 1. The van der Waals surface area contributed by atoms with Gasteiger partial charge in [-0.25, -0.2) is 0 Å². The summed E-state index contributed by atoms with van der Waals surface area (Å²) in [4.78, 5) is 12.7. The predicted molar refractivity (Wildman–Crippen MR) is 97.2 cm³/mol. The molecule has 2 heterocycles. The van der Waals surface area contributed by atoms with E-state index in [1.807, 2.05) is 30.5 Å². The van der Waals surface area contributed by atoms with Crippen molar-refractivity contribution in [1.29, 1.82) is 0 Å². The molecule has 0 unspecified atom stereocenters. The molecule has 0 aliphatic heterocycles. The van der Waals surface area contributed by atoms with Crippen LogP contribution in [-0.4, -0.2) is 15.7 Å². The molecule has 0 radical (unpaired) electrons. The fourth-order valence-electron chi connectivity index (χ4n) is 3.22. The van der Waals surface area contributed by atoms with E-state index in [9.17, 15) is 4.79 Å². The van der Waals surface area contributed by atoms with Crippen molar-refractivity contribution in [3.63, 3.8) is 0 Å². The summed E-state index contributed by atoms with van der Waals surface area (Å²) in [5.74, 6) is 0.869. The number of hydrogen-bond acceptors (Lipinski definition) is 3.